The van der Waals surface area contributed by atoms with E-state index >= 15 is 0 Å². The maximum Gasteiger partial charge on any atom is 0.349 e. The van der Waals surface area contributed by atoms with Crippen molar-refractivity contribution in [2.24, 2.45) is 28.6 Å². The van der Waals surface area contributed by atoms with Crippen LogP contribution in [0.15, 0.2) is 35.9 Å². The number of aryl methyl sites for hydroxylation is 1. The molecule has 0 aromatic carbocycles. The molecule has 4 aliphatic carbocycles. The molecule has 6 unspecified atom stereocenters. The van der Waals surface area contributed by atoms with E-state index in [0.717, 1.165) is 10.5 Å². The van der Waals surface area contributed by atoms with Gasteiger partial charge in [0.2, 0.25) is 5.78 Å². The lowest BCUT2D eigenvalue weighted by Crippen LogP contribution is -2.68. The van der Waals surface area contributed by atoms with E-state index in [9.17, 15) is 19.2 Å². The Kier molecular flexibility index (Phi) is 7.00. The Hall–Kier alpha value is -1.96. The van der Waals surface area contributed by atoms with Gasteiger partial charge in [-0.2, -0.15) is 0 Å². The van der Waals surface area contributed by atoms with Gasteiger partial charge in [0, 0.05) is 28.5 Å². The van der Waals surface area contributed by atoms with E-state index in [1.807, 2.05) is 32.9 Å². The van der Waals surface area contributed by atoms with Gasteiger partial charge in [-0.1, -0.05) is 32.4 Å². The first kappa shape index (κ1) is 28.6. The first-order valence-corrected chi connectivity index (χ1v) is 15.1. The van der Waals surface area contributed by atoms with Gasteiger partial charge in [0.15, 0.2) is 18.0 Å². The van der Waals surface area contributed by atoms with Crippen molar-refractivity contribution >= 4 is 58.0 Å². The number of Topliss-reactive ketones (excluding diaryl/α,β-unsaturated/α-hetero) is 1. The van der Waals surface area contributed by atoms with Crippen molar-refractivity contribution in [3.8, 4) is 0 Å². The predicted molar refractivity (Wildman–Crippen MR) is 150 cm³/mol. The fraction of sp³-hybridized carbons (Fsp3) is 0.600. The van der Waals surface area contributed by atoms with Crippen LogP contribution < -0.4 is 0 Å². The van der Waals surface area contributed by atoms with Crippen molar-refractivity contribution in [3.63, 3.8) is 0 Å². The van der Waals surface area contributed by atoms with Crippen LogP contribution in [0.3, 0.4) is 0 Å². The highest BCUT2D eigenvalue weighted by molar-refractivity contribution is 7.13. The zero-order chi connectivity index (χ0) is 28.5. The molecule has 4 aliphatic rings. The van der Waals surface area contributed by atoms with E-state index in [1.165, 1.54) is 18.3 Å². The number of carbonyl (C=O) groups excluding carboxylic acids is 4. The summed E-state index contributed by atoms with van der Waals surface area (Å²) in [5, 5.41) is -0.592. The molecule has 3 fully saturated rings. The highest BCUT2D eigenvalue weighted by atomic mass is 35.5. The lowest BCUT2D eigenvalue weighted by Gasteiger charge is -2.64. The number of allylic oxidation sites excluding steroid dienone is 4. The van der Waals surface area contributed by atoms with E-state index in [0.29, 0.717) is 30.6 Å². The van der Waals surface area contributed by atoms with Crippen molar-refractivity contribution < 1.29 is 28.7 Å². The molecule has 39 heavy (non-hydrogen) atoms. The van der Waals surface area contributed by atoms with Gasteiger partial charge >= 0.3 is 11.9 Å². The van der Waals surface area contributed by atoms with E-state index < -0.39 is 51.0 Å². The maximum atomic E-state index is 14.1. The molecule has 210 valence electrons. The van der Waals surface area contributed by atoms with Gasteiger partial charge in [-0.15, -0.1) is 34.5 Å². The van der Waals surface area contributed by atoms with Crippen LogP contribution in [0.4, 0.5) is 0 Å². The van der Waals surface area contributed by atoms with Crippen molar-refractivity contribution in [3.05, 3.63) is 45.7 Å². The van der Waals surface area contributed by atoms with Crippen LogP contribution in [0.1, 0.15) is 67.9 Å². The molecule has 1 aromatic rings. The van der Waals surface area contributed by atoms with E-state index in [1.54, 1.807) is 18.2 Å². The van der Waals surface area contributed by atoms with Crippen LogP contribution in [-0.2, 0) is 23.9 Å². The summed E-state index contributed by atoms with van der Waals surface area (Å²) in [7, 11) is 0. The molecule has 3 saturated carbocycles. The summed E-state index contributed by atoms with van der Waals surface area (Å²) in [6.07, 6.45) is 7.47. The third-order valence-electron chi connectivity index (χ3n) is 10.2. The van der Waals surface area contributed by atoms with Crippen molar-refractivity contribution in [2.75, 3.05) is 6.61 Å². The van der Waals surface area contributed by atoms with Gasteiger partial charge in [-0.25, -0.2) is 4.79 Å². The summed E-state index contributed by atoms with van der Waals surface area (Å²) in [6, 6.07) is 3.54. The number of fused-ring (bicyclic) bond motifs is 5. The molecule has 0 N–H and O–H groups in total. The van der Waals surface area contributed by atoms with Crippen molar-refractivity contribution in [1.82, 2.24) is 0 Å². The average molecular weight is 594 g/mol. The normalized spacial score (nSPS) is 40.7. The van der Waals surface area contributed by atoms with E-state index in [2.05, 4.69) is 6.92 Å². The Labute approximate surface area is 243 Å². The second-order valence-corrected chi connectivity index (χ2v) is 14.5. The minimum atomic E-state index is -1.55. The van der Waals surface area contributed by atoms with Crippen LogP contribution in [-0.4, -0.2) is 46.0 Å². The maximum absolute atomic E-state index is 14.1. The number of halogens is 2. The number of alkyl halides is 2. The number of hydrogen-bond donors (Lipinski definition) is 0. The van der Waals surface area contributed by atoms with Crippen LogP contribution in [0.5, 0.6) is 0 Å². The molecule has 1 aromatic heterocycles. The van der Waals surface area contributed by atoms with E-state index in [4.69, 9.17) is 32.7 Å². The molecular weight excluding hydrogens is 559 g/mol. The first-order chi connectivity index (χ1) is 18.2. The van der Waals surface area contributed by atoms with Crippen LogP contribution in [0.2, 0.25) is 0 Å². The highest BCUT2D eigenvalue weighted by Crippen LogP contribution is 2.73. The van der Waals surface area contributed by atoms with Gasteiger partial charge in [-0.05, 0) is 68.7 Å². The zero-order valence-electron chi connectivity index (χ0n) is 22.8. The lowest BCUT2D eigenvalue weighted by atomic mass is 9.46. The molecule has 0 amide bonds. The van der Waals surface area contributed by atoms with Gasteiger partial charge in [0.05, 0.1) is 10.3 Å². The summed E-state index contributed by atoms with van der Waals surface area (Å²) in [4.78, 5) is 52.0. The van der Waals surface area contributed by atoms with Gasteiger partial charge < -0.3 is 9.47 Å². The summed E-state index contributed by atoms with van der Waals surface area (Å²) < 4.78 is 11.5. The average Bonchev–Trinajstić information content (AvgIpc) is 3.39. The van der Waals surface area contributed by atoms with Crippen LogP contribution in [0, 0.1) is 35.5 Å². The van der Waals surface area contributed by atoms with Crippen molar-refractivity contribution in [2.45, 2.75) is 76.2 Å². The summed E-state index contributed by atoms with van der Waals surface area (Å²) in [5.74, 6) is -2.19. The predicted octanol–water partition coefficient (Wildman–Crippen LogP) is 6.22. The first-order valence-electron chi connectivity index (χ1n) is 13.4. The third-order valence-corrected chi connectivity index (χ3v) is 12.7. The van der Waals surface area contributed by atoms with Gasteiger partial charge in [0.25, 0.3) is 0 Å². The number of thiophene rings is 1. The number of carbonyl (C=O) groups is 4. The standard InChI is InChI=1S/C30H34Cl2O6S/c1-16-12-22-21-8-7-19-13-20(34)10-11-27(19,4)29(21,32)24(31)14-28(22,5)30(16,25(35)15-37-18(3)33)38-26(36)23-9-6-17(2)39-23/h6,9-11,13,16,21-22,24H,7-8,12,14-15H2,1-5H3/t16?,21?,22?,24?,27?,28?,29-,30-/m0/s1. The second-order valence-electron chi connectivity index (χ2n) is 12.1. The molecule has 1 heterocycles. The largest absolute Gasteiger partial charge is 0.458 e. The number of ketones is 2. The Morgan fingerprint density at radius 2 is 1.90 bits per heavy atom. The fourth-order valence-electron chi connectivity index (χ4n) is 8.35. The SMILES string of the molecule is CC(=O)OCC(=O)[C@@]1(OC(=O)c2ccc(C)s2)C(C)CC2C3CCC4=CC(=O)C=CC4(C)[C@@]3(Cl)C(Cl)CC21C. The Bertz CT molecular complexity index is 1320. The lowest BCUT2D eigenvalue weighted by molar-refractivity contribution is -0.173. The zero-order valence-corrected chi connectivity index (χ0v) is 25.2. The summed E-state index contributed by atoms with van der Waals surface area (Å²) in [5.41, 5.74) is -2.05. The molecule has 0 aliphatic heterocycles. The fourth-order valence-corrected chi connectivity index (χ4v) is 10.3. The Balaban J connectivity index is 1.61. The molecule has 6 nitrogen and oxygen atoms in total. The smallest absolute Gasteiger partial charge is 0.349 e. The van der Waals surface area contributed by atoms with Crippen LogP contribution >= 0.6 is 34.5 Å². The molecule has 0 radical (unpaired) electrons. The molecular formula is C30H34Cl2O6S. The molecule has 0 spiro atoms. The quantitative estimate of drug-likeness (QED) is 0.298. The molecule has 5 rings (SSSR count). The Morgan fingerprint density at radius 1 is 1.18 bits per heavy atom. The van der Waals surface area contributed by atoms with Crippen LogP contribution in [0.25, 0.3) is 0 Å². The number of hydrogen-bond acceptors (Lipinski definition) is 7. The summed E-state index contributed by atoms with van der Waals surface area (Å²) in [6.45, 7) is 8.62. The van der Waals surface area contributed by atoms with Gasteiger partial charge in [0.1, 0.15) is 4.88 Å². The molecule has 0 bridgehead atoms. The molecule has 8 atom stereocenters. The number of rotatable bonds is 5. The minimum absolute atomic E-state index is 0.0479. The molecule has 9 heteroatoms. The monoisotopic (exact) mass is 592 g/mol. The number of esters is 2. The molecule has 0 saturated heterocycles. The summed E-state index contributed by atoms with van der Waals surface area (Å²) >= 11 is 16.2. The second kappa shape index (κ2) is 9.56. The topological polar surface area (TPSA) is 86.7 Å². The Morgan fingerprint density at radius 3 is 2.54 bits per heavy atom. The minimum Gasteiger partial charge on any atom is -0.458 e. The van der Waals surface area contributed by atoms with Crippen molar-refractivity contribution in [1.29, 1.82) is 0 Å². The third kappa shape index (κ3) is 3.93. The van der Waals surface area contributed by atoms with E-state index in [-0.39, 0.29) is 23.5 Å². The number of ether oxygens (including phenoxy) is 2. The highest BCUT2D eigenvalue weighted by Gasteiger charge is 2.76. The van der Waals surface area contributed by atoms with Gasteiger partial charge in [-0.3, -0.25) is 14.4 Å².